The lowest BCUT2D eigenvalue weighted by Gasteiger charge is -2.16. The van der Waals surface area contributed by atoms with Gasteiger partial charge < -0.3 is 16.4 Å². The van der Waals surface area contributed by atoms with Gasteiger partial charge in [-0.25, -0.2) is 0 Å². The van der Waals surface area contributed by atoms with Crippen LogP contribution in [0.5, 0.6) is 0 Å². The van der Waals surface area contributed by atoms with Crippen molar-refractivity contribution < 1.29 is 15.3 Å². The average molecular weight is 362 g/mol. The quantitative estimate of drug-likeness (QED) is 0.627. The first-order valence-corrected chi connectivity index (χ1v) is 9.00. The third-order valence-corrected chi connectivity index (χ3v) is 4.46. The molecule has 3 aromatic rings. The van der Waals surface area contributed by atoms with Gasteiger partial charge in [0.05, 0.1) is 0 Å². The third kappa shape index (κ3) is 4.92. The Balaban J connectivity index is 1.56. The lowest BCUT2D eigenvalue weighted by Crippen LogP contribution is -2.69. The molecule has 27 heavy (non-hydrogen) atoms. The number of carbonyl (C=O) groups excluding carboxylic acids is 2. The van der Waals surface area contributed by atoms with E-state index in [1.807, 2.05) is 72.8 Å². The van der Waals surface area contributed by atoms with Crippen LogP contribution in [0.3, 0.4) is 0 Å². The number of benzene rings is 3. The smallest absolute Gasteiger partial charge is 0.279 e. The van der Waals surface area contributed by atoms with Crippen LogP contribution in [0.15, 0.2) is 72.8 Å². The van der Waals surface area contributed by atoms with E-state index in [9.17, 15) is 9.59 Å². The molecule has 5 heteroatoms. The van der Waals surface area contributed by atoms with Crippen molar-refractivity contribution in [3.63, 3.8) is 0 Å². The van der Waals surface area contributed by atoms with Gasteiger partial charge in [0.2, 0.25) is 5.91 Å². The molecule has 0 radical (unpaired) electrons. The number of amides is 2. The highest BCUT2D eigenvalue weighted by molar-refractivity contribution is 5.99. The molecule has 0 fully saturated rings. The van der Waals surface area contributed by atoms with Crippen LogP contribution >= 0.6 is 0 Å². The van der Waals surface area contributed by atoms with Crippen LogP contribution in [0.1, 0.15) is 12.5 Å². The summed E-state index contributed by atoms with van der Waals surface area (Å²) in [7, 11) is 0. The molecule has 0 heterocycles. The Morgan fingerprint density at radius 3 is 2.30 bits per heavy atom. The highest BCUT2D eigenvalue weighted by Gasteiger charge is 2.22. The second-order valence-electron chi connectivity index (χ2n) is 6.67. The molecule has 3 aromatic carbocycles. The van der Waals surface area contributed by atoms with E-state index < -0.39 is 12.1 Å². The molecule has 0 aliphatic heterocycles. The first-order valence-electron chi connectivity index (χ1n) is 9.00. The Morgan fingerprint density at radius 2 is 1.56 bits per heavy atom. The van der Waals surface area contributed by atoms with E-state index >= 15 is 0 Å². The van der Waals surface area contributed by atoms with Gasteiger partial charge in [0.15, 0.2) is 6.04 Å². The van der Waals surface area contributed by atoms with E-state index in [1.165, 1.54) is 0 Å². The number of rotatable bonds is 6. The summed E-state index contributed by atoms with van der Waals surface area (Å²) in [6, 6.07) is 22.3. The molecule has 5 N–H and O–H groups in total. The number of quaternary nitrogens is 1. The molecular formula is C22H24N3O2+. The SMILES string of the molecule is C[C@H](NC(=O)[C@@H]([NH3+])Cc1ccccc1)C(=O)Nc1ccc2ccccc2c1. The summed E-state index contributed by atoms with van der Waals surface area (Å²) < 4.78 is 0. The Morgan fingerprint density at radius 1 is 0.889 bits per heavy atom. The van der Waals surface area contributed by atoms with E-state index in [0.717, 1.165) is 16.3 Å². The Labute approximate surface area is 158 Å². The Kier molecular flexibility index (Phi) is 5.84. The van der Waals surface area contributed by atoms with Gasteiger partial charge in [0, 0.05) is 12.1 Å². The summed E-state index contributed by atoms with van der Waals surface area (Å²) in [6.07, 6.45) is 0.533. The van der Waals surface area contributed by atoms with E-state index in [4.69, 9.17) is 0 Å². The summed E-state index contributed by atoms with van der Waals surface area (Å²) in [6.45, 7) is 1.67. The summed E-state index contributed by atoms with van der Waals surface area (Å²) >= 11 is 0. The molecular weight excluding hydrogens is 338 g/mol. The second-order valence-corrected chi connectivity index (χ2v) is 6.67. The molecule has 0 spiro atoms. The van der Waals surface area contributed by atoms with Crippen LogP contribution in [-0.2, 0) is 16.0 Å². The van der Waals surface area contributed by atoms with Gasteiger partial charge in [-0.05, 0) is 35.4 Å². The van der Waals surface area contributed by atoms with Crippen LogP contribution in [0.4, 0.5) is 5.69 Å². The molecule has 138 valence electrons. The molecule has 2 atom stereocenters. The number of hydrogen-bond acceptors (Lipinski definition) is 2. The Bertz CT molecular complexity index is 940. The summed E-state index contributed by atoms with van der Waals surface area (Å²) in [5.41, 5.74) is 5.67. The van der Waals surface area contributed by atoms with Crippen molar-refractivity contribution in [2.75, 3.05) is 5.32 Å². The lowest BCUT2D eigenvalue weighted by atomic mass is 10.1. The lowest BCUT2D eigenvalue weighted by molar-refractivity contribution is -0.403. The molecule has 0 saturated heterocycles. The number of fused-ring (bicyclic) bond motifs is 1. The number of carbonyl (C=O) groups is 2. The van der Waals surface area contributed by atoms with Crippen LogP contribution in [-0.4, -0.2) is 23.9 Å². The standard InChI is InChI=1S/C22H23N3O2/c1-15(24-22(27)20(23)13-16-7-3-2-4-8-16)21(26)25-19-12-11-17-9-5-6-10-18(17)14-19/h2-12,14-15,20H,13,23H2,1H3,(H,24,27)(H,25,26)/p+1/t15-,20-/m0/s1. The molecule has 0 aromatic heterocycles. The van der Waals surface area contributed by atoms with Gasteiger partial charge in [-0.1, -0.05) is 60.7 Å². The van der Waals surface area contributed by atoms with E-state index in [-0.39, 0.29) is 11.8 Å². The maximum atomic E-state index is 12.4. The fourth-order valence-corrected chi connectivity index (χ4v) is 2.91. The van der Waals surface area contributed by atoms with Gasteiger partial charge in [0.1, 0.15) is 6.04 Å². The molecule has 0 aliphatic rings. The topological polar surface area (TPSA) is 85.8 Å². The average Bonchev–Trinajstić information content (AvgIpc) is 2.68. The van der Waals surface area contributed by atoms with Crippen LogP contribution in [0, 0.1) is 0 Å². The zero-order chi connectivity index (χ0) is 19.2. The van der Waals surface area contributed by atoms with Crippen molar-refractivity contribution in [3.8, 4) is 0 Å². The van der Waals surface area contributed by atoms with E-state index in [1.54, 1.807) is 6.92 Å². The van der Waals surface area contributed by atoms with Crippen molar-refractivity contribution in [2.24, 2.45) is 0 Å². The van der Waals surface area contributed by atoms with Gasteiger partial charge in [-0.2, -0.15) is 0 Å². The number of nitrogens with one attached hydrogen (secondary N) is 2. The van der Waals surface area contributed by atoms with Gasteiger partial charge in [0.25, 0.3) is 5.91 Å². The summed E-state index contributed by atoms with van der Waals surface area (Å²) in [4.78, 5) is 24.8. The van der Waals surface area contributed by atoms with E-state index in [2.05, 4.69) is 16.4 Å². The zero-order valence-corrected chi connectivity index (χ0v) is 15.3. The molecule has 2 amide bonds. The monoisotopic (exact) mass is 362 g/mol. The van der Waals surface area contributed by atoms with Gasteiger partial charge >= 0.3 is 0 Å². The highest BCUT2D eigenvalue weighted by Crippen LogP contribution is 2.18. The van der Waals surface area contributed by atoms with Crippen molar-refractivity contribution in [2.45, 2.75) is 25.4 Å². The van der Waals surface area contributed by atoms with Crippen molar-refractivity contribution in [3.05, 3.63) is 78.4 Å². The predicted octanol–water partition coefficient (Wildman–Crippen LogP) is 2.14. The normalized spacial score (nSPS) is 13.0. The largest absolute Gasteiger partial charge is 0.347 e. The first-order chi connectivity index (χ1) is 13.0. The van der Waals surface area contributed by atoms with Crippen molar-refractivity contribution in [1.29, 1.82) is 0 Å². The molecule has 0 saturated carbocycles. The highest BCUT2D eigenvalue weighted by atomic mass is 16.2. The number of anilines is 1. The fraction of sp³-hybridized carbons (Fsp3) is 0.182. The van der Waals surface area contributed by atoms with Crippen LogP contribution < -0.4 is 16.4 Å². The van der Waals surface area contributed by atoms with Crippen LogP contribution in [0.2, 0.25) is 0 Å². The minimum absolute atomic E-state index is 0.236. The van der Waals surface area contributed by atoms with Crippen molar-refractivity contribution >= 4 is 28.3 Å². The van der Waals surface area contributed by atoms with Gasteiger partial charge in [-0.15, -0.1) is 0 Å². The fourth-order valence-electron chi connectivity index (χ4n) is 2.91. The van der Waals surface area contributed by atoms with E-state index in [0.29, 0.717) is 12.1 Å². The maximum Gasteiger partial charge on any atom is 0.279 e. The molecule has 0 unspecified atom stereocenters. The zero-order valence-electron chi connectivity index (χ0n) is 15.3. The molecule has 0 aliphatic carbocycles. The molecule has 0 bridgehead atoms. The van der Waals surface area contributed by atoms with Crippen molar-refractivity contribution in [1.82, 2.24) is 5.32 Å². The van der Waals surface area contributed by atoms with Gasteiger partial charge in [-0.3, -0.25) is 9.59 Å². The minimum atomic E-state index is -0.649. The Hall–Kier alpha value is -3.18. The first kappa shape index (κ1) is 18.6. The predicted molar refractivity (Wildman–Crippen MR) is 107 cm³/mol. The number of hydrogen-bond donors (Lipinski definition) is 3. The third-order valence-electron chi connectivity index (χ3n) is 4.46. The molecule has 3 rings (SSSR count). The summed E-state index contributed by atoms with van der Waals surface area (Å²) in [5, 5.41) is 7.76. The maximum absolute atomic E-state index is 12.4. The van der Waals surface area contributed by atoms with Crippen LogP contribution in [0.25, 0.3) is 10.8 Å². The summed E-state index contributed by atoms with van der Waals surface area (Å²) in [5.74, 6) is -0.495. The second kappa shape index (κ2) is 8.47. The minimum Gasteiger partial charge on any atom is -0.347 e. The molecule has 5 nitrogen and oxygen atoms in total.